The van der Waals surface area contributed by atoms with Crippen molar-refractivity contribution >= 4 is 12.0 Å². The molecule has 2 aromatic carbocycles. The molecule has 0 heterocycles. The number of carbonyl (C=O) groups is 1. The summed E-state index contributed by atoms with van der Waals surface area (Å²) < 4.78 is 10.6. The van der Waals surface area contributed by atoms with Gasteiger partial charge in [0.2, 0.25) is 0 Å². The molecule has 2 aromatic rings. The van der Waals surface area contributed by atoms with Crippen LogP contribution in [-0.4, -0.2) is 19.7 Å². The Morgan fingerprint density at radius 1 is 1.09 bits per heavy atom. The molecule has 0 amide bonds. The van der Waals surface area contributed by atoms with Gasteiger partial charge in [0.15, 0.2) is 0 Å². The molecule has 0 fully saturated rings. The Balaban J connectivity index is 1.81. The fourth-order valence-corrected chi connectivity index (χ4v) is 2.31. The molecule has 0 spiro atoms. The van der Waals surface area contributed by atoms with Gasteiger partial charge in [-0.05, 0) is 35.6 Å². The van der Waals surface area contributed by atoms with Gasteiger partial charge >= 0.3 is 5.97 Å². The quantitative estimate of drug-likeness (QED) is 0.570. The molecule has 120 valence electrons. The maximum Gasteiger partial charge on any atom is 0.330 e. The molecular formula is C20H22O3. The van der Waals surface area contributed by atoms with Crippen LogP contribution < -0.4 is 4.74 Å². The molecule has 0 saturated heterocycles. The average Bonchev–Trinajstić information content (AvgIpc) is 2.59. The molecule has 3 nitrogen and oxygen atoms in total. The summed E-state index contributed by atoms with van der Waals surface area (Å²) in [6.07, 6.45) is 4.03. The van der Waals surface area contributed by atoms with Gasteiger partial charge in [0, 0.05) is 6.08 Å². The summed E-state index contributed by atoms with van der Waals surface area (Å²) in [5, 5.41) is 0. The Morgan fingerprint density at radius 3 is 2.52 bits per heavy atom. The third-order valence-corrected chi connectivity index (χ3v) is 3.48. The first-order valence-corrected chi connectivity index (χ1v) is 7.71. The van der Waals surface area contributed by atoms with E-state index in [1.54, 1.807) is 13.2 Å². The number of esters is 1. The van der Waals surface area contributed by atoms with E-state index in [9.17, 15) is 4.79 Å². The summed E-state index contributed by atoms with van der Waals surface area (Å²) >= 11 is 0. The molecular weight excluding hydrogens is 288 g/mol. The minimum Gasteiger partial charge on any atom is -0.496 e. The third-order valence-electron chi connectivity index (χ3n) is 3.48. The smallest absolute Gasteiger partial charge is 0.330 e. The molecule has 23 heavy (non-hydrogen) atoms. The van der Waals surface area contributed by atoms with E-state index in [4.69, 9.17) is 9.47 Å². The van der Waals surface area contributed by atoms with Crippen LogP contribution in [0.3, 0.4) is 0 Å². The number of benzene rings is 2. The lowest BCUT2D eigenvalue weighted by molar-refractivity contribution is -0.138. The zero-order chi connectivity index (χ0) is 16.5. The zero-order valence-electron chi connectivity index (χ0n) is 13.6. The molecule has 0 aliphatic heterocycles. The molecule has 0 radical (unpaired) electrons. The van der Waals surface area contributed by atoms with Gasteiger partial charge in [0.05, 0.1) is 13.7 Å². The van der Waals surface area contributed by atoms with Crippen molar-refractivity contribution in [1.82, 2.24) is 0 Å². The Kier molecular flexibility index (Phi) is 6.42. The number of carbonyl (C=O) groups excluding carboxylic acids is 1. The van der Waals surface area contributed by atoms with E-state index in [2.05, 4.69) is 6.92 Å². The van der Waals surface area contributed by atoms with E-state index in [1.165, 1.54) is 6.08 Å². The summed E-state index contributed by atoms with van der Waals surface area (Å²) in [6.45, 7) is 2.44. The predicted molar refractivity (Wildman–Crippen MR) is 92.3 cm³/mol. The van der Waals surface area contributed by atoms with E-state index in [0.717, 1.165) is 23.3 Å². The molecule has 0 unspecified atom stereocenters. The highest BCUT2D eigenvalue weighted by Gasteiger charge is 2.09. The first kappa shape index (κ1) is 16.8. The van der Waals surface area contributed by atoms with Crippen molar-refractivity contribution in [2.75, 3.05) is 13.7 Å². The van der Waals surface area contributed by atoms with E-state index in [0.29, 0.717) is 6.61 Å². The van der Waals surface area contributed by atoms with Crippen LogP contribution in [0.1, 0.15) is 18.1 Å². The van der Waals surface area contributed by atoms with Crippen molar-refractivity contribution in [3.05, 3.63) is 71.8 Å². The number of ether oxygens (including phenoxy) is 2. The lowest BCUT2D eigenvalue weighted by Gasteiger charge is -2.13. The average molecular weight is 310 g/mol. The summed E-state index contributed by atoms with van der Waals surface area (Å²) in [6, 6.07) is 17.6. The Labute approximate surface area is 137 Å². The largest absolute Gasteiger partial charge is 0.496 e. The number of hydrogen-bond donors (Lipinski definition) is 0. The molecule has 0 bridgehead atoms. The van der Waals surface area contributed by atoms with Crippen molar-refractivity contribution in [1.29, 1.82) is 0 Å². The van der Waals surface area contributed by atoms with E-state index >= 15 is 0 Å². The monoisotopic (exact) mass is 310 g/mol. The van der Waals surface area contributed by atoms with Crippen molar-refractivity contribution in [3.63, 3.8) is 0 Å². The lowest BCUT2D eigenvalue weighted by Crippen LogP contribution is -2.12. The van der Waals surface area contributed by atoms with Gasteiger partial charge in [-0.25, -0.2) is 4.79 Å². The topological polar surface area (TPSA) is 35.5 Å². The minimum atomic E-state index is -0.319. The van der Waals surface area contributed by atoms with Crippen LogP contribution >= 0.6 is 0 Å². The summed E-state index contributed by atoms with van der Waals surface area (Å²) in [5.41, 5.74) is 2.10. The van der Waals surface area contributed by atoms with Crippen LogP contribution in [0.2, 0.25) is 0 Å². The van der Waals surface area contributed by atoms with Gasteiger partial charge in [-0.15, -0.1) is 0 Å². The fourth-order valence-electron chi connectivity index (χ4n) is 2.31. The van der Waals surface area contributed by atoms with Crippen molar-refractivity contribution in [3.8, 4) is 5.75 Å². The SMILES string of the molecule is COc1ccccc1C[C@@H](C)COC(=O)/C=C/c1ccccc1. The van der Waals surface area contributed by atoms with Crippen LogP contribution in [0.25, 0.3) is 6.08 Å². The molecule has 0 aliphatic rings. The van der Waals surface area contributed by atoms with Crippen LogP contribution in [0.4, 0.5) is 0 Å². The highest BCUT2D eigenvalue weighted by atomic mass is 16.5. The number of para-hydroxylation sites is 1. The second-order valence-corrected chi connectivity index (χ2v) is 5.50. The number of methoxy groups -OCH3 is 1. The van der Waals surface area contributed by atoms with Crippen molar-refractivity contribution in [2.45, 2.75) is 13.3 Å². The lowest BCUT2D eigenvalue weighted by atomic mass is 10.0. The predicted octanol–water partition coefficient (Wildman–Crippen LogP) is 4.13. The second-order valence-electron chi connectivity index (χ2n) is 5.50. The highest BCUT2D eigenvalue weighted by Crippen LogP contribution is 2.20. The normalized spacial score (nSPS) is 12.1. The first-order chi connectivity index (χ1) is 11.2. The van der Waals surface area contributed by atoms with Gasteiger partial charge in [-0.3, -0.25) is 0 Å². The Hall–Kier alpha value is -2.55. The van der Waals surface area contributed by atoms with Crippen LogP contribution in [0.5, 0.6) is 5.75 Å². The van der Waals surface area contributed by atoms with Gasteiger partial charge in [-0.1, -0.05) is 55.5 Å². The van der Waals surface area contributed by atoms with Gasteiger partial charge in [0.1, 0.15) is 5.75 Å². The standard InChI is InChI=1S/C20H22O3/c1-16(14-18-10-6-7-11-19(18)22-2)15-23-20(21)13-12-17-8-4-3-5-9-17/h3-13,16H,14-15H2,1-2H3/b13-12+/t16-/m1/s1. The highest BCUT2D eigenvalue weighted by molar-refractivity contribution is 5.87. The molecule has 1 atom stereocenters. The number of hydrogen-bond acceptors (Lipinski definition) is 3. The maximum absolute atomic E-state index is 11.8. The Bertz CT molecular complexity index is 647. The van der Waals surface area contributed by atoms with Crippen molar-refractivity contribution < 1.29 is 14.3 Å². The molecule has 0 saturated carbocycles. The zero-order valence-corrected chi connectivity index (χ0v) is 13.6. The van der Waals surface area contributed by atoms with Gasteiger partial charge in [0.25, 0.3) is 0 Å². The molecule has 0 aromatic heterocycles. The molecule has 3 heteroatoms. The van der Waals surface area contributed by atoms with Crippen LogP contribution in [-0.2, 0) is 16.0 Å². The molecule has 0 N–H and O–H groups in total. The van der Waals surface area contributed by atoms with E-state index < -0.39 is 0 Å². The van der Waals surface area contributed by atoms with Gasteiger partial charge in [-0.2, -0.15) is 0 Å². The second kappa shape index (κ2) is 8.79. The Morgan fingerprint density at radius 2 is 1.78 bits per heavy atom. The molecule has 2 rings (SSSR count). The first-order valence-electron chi connectivity index (χ1n) is 7.71. The van der Waals surface area contributed by atoms with E-state index in [-0.39, 0.29) is 11.9 Å². The summed E-state index contributed by atoms with van der Waals surface area (Å²) in [5.74, 6) is 0.774. The fraction of sp³-hybridized carbons (Fsp3) is 0.250. The van der Waals surface area contributed by atoms with Crippen LogP contribution in [0.15, 0.2) is 60.7 Å². The minimum absolute atomic E-state index is 0.223. The van der Waals surface area contributed by atoms with Crippen molar-refractivity contribution in [2.24, 2.45) is 5.92 Å². The van der Waals surface area contributed by atoms with E-state index in [1.807, 2.05) is 54.6 Å². The van der Waals surface area contributed by atoms with Crippen LogP contribution in [0, 0.1) is 5.92 Å². The van der Waals surface area contributed by atoms with Gasteiger partial charge < -0.3 is 9.47 Å². The third kappa shape index (κ3) is 5.62. The summed E-state index contributed by atoms with van der Waals surface area (Å²) in [7, 11) is 1.66. The summed E-state index contributed by atoms with van der Waals surface area (Å²) in [4.78, 5) is 11.8. The maximum atomic E-state index is 11.8. The number of rotatable bonds is 7. The molecule has 0 aliphatic carbocycles.